The van der Waals surface area contributed by atoms with Crippen LogP contribution >= 0.6 is 0 Å². The molecule has 0 bridgehead atoms. The van der Waals surface area contributed by atoms with Crippen LogP contribution in [-0.4, -0.2) is 40.5 Å². The molecule has 3 atom stereocenters. The second kappa shape index (κ2) is 12.7. The molecule has 6 nitrogen and oxygen atoms in total. The van der Waals surface area contributed by atoms with Crippen molar-refractivity contribution in [2.45, 2.75) is 91.8 Å². The van der Waals surface area contributed by atoms with Crippen LogP contribution in [-0.2, 0) is 19.3 Å². The third-order valence-corrected chi connectivity index (χ3v) is 8.53. The number of aromatic nitrogens is 1. The number of piperidine rings is 1. The maximum absolute atomic E-state index is 14.1. The van der Waals surface area contributed by atoms with Crippen LogP contribution in [0.5, 0.6) is 0 Å². The summed E-state index contributed by atoms with van der Waals surface area (Å²) in [6.07, 6.45) is -3.05. The first-order chi connectivity index (χ1) is 19.8. The first-order valence-corrected chi connectivity index (χ1v) is 14.6. The van der Waals surface area contributed by atoms with Gasteiger partial charge in [0.15, 0.2) is 0 Å². The van der Waals surface area contributed by atoms with E-state index in [-0.39, 0.29) is 35.8 Å². The van der Waals surface area contributed by atoms with Crippen molar-refractivity contribution < 1.29 is 18.0 Å². The van der Waals surface area contributed by atoms with Crippen LogP contribution in [0.2, 0.25) is 0 Å². The molecule has 2 heterocycles. The Bertz CT molecular complexity index is 1460. The summed E-state index contributed by atoms with van der Waals surface area (Å²) in [6.45, 7) is 12.8. The second-order valence-corrected chi connectivity index (χ2v) is 11.6. The van der Waals surface area contributed by atoms with Crippen molar-refractivity contribution >= 4 is 11.6 Å². The number of hydrogen-bond donors (Lipinski definition) is 2. The molecular weight excluding hydrogens is 541 g/mol. The third-order valence-electron chi connectivity index (χ3n) is 8.53. The topological polar surface area (TPSA) is 68.4 Å². The molecule has 0 aliphatic carbocycles. The quantitative estimate of drug-likeness (QED) is 0.318. The number of alkyl halides is 3. The number of amides is 1. The minimum atomic E-state index is -4.62. The summed E-state index contributed by atoms with van der Waals surface area (Å²) in [4.78, 5) is 33.0. The number of carbonyl (C=O) groups is 1. The van der Waals surface area contributed by atoms with Gasteiger partial charge >= 0.3 is 6.18 Å². The molecule has 0 radical (unpaired) electrons. The van der Waals surface area contributed by atoms with Crippen LogP contribution in [0.4, 0.5) is 18.9 Å². The van der Waals surface area contributed by atoms with Crippen LogP contribution in [0.15, 0.2) is 53.3 Å². The largest absolute Gasteiger partial charge is 0.416 e. The fourth-order valence-corrected chi connectivity index (χ4v) is 6.34. The van der Waals surface area contributed by atoms with E-state index < -0.39 is 17.6 Å². The van der Waals surface area contributed by atoms with E-state index in [1.54, 1.807) is 26.8 Å². The van der Waals surface area contributed by atoms with Gasteiger partial charge in [0.2, 0.25) is 0 Å². The number of nitrogens with zero attached hydrogens (tertiary/aromatic N) is 2. The van der Waals surface area contributed by atoms with Crippen molar-refractivity contribution in [1.82, 2.24) is 15.2 Å². The summed E-state index contributed by atoms with van der Waals surface area (Å²) in [5.41, 5.74) is 2.69. The maximum Gasteiger partial charge on any atom is 0.416 e. The number of halogens is 3. The van der Waals surface area contributed by atoms with Gasteiger partial charge < -0.3 is 15.2 Å². The second-order valence-electron chi connectivity index (χ2n) is 11.6. The van der Waals surface area contributed by atoms with Gasteiger partial charge in [0.1, 0.15) is 0 Å². The molecule has 4 rings (SSSR count). The average Bonchev–Trinajstić information content (AvgIpc) is 2.91. The van der Waals surface area contributed by atoms with Crippen molar-refractivity contribution in [3.63, 3.8) is 0 Å². The van der Waals surface area contributed by atoms with Gasteiger partial charge in [-0.15, -0.1) is 0 Å². The lowest BCUT2D eigenvalue weighted by atomic mass is 9.89. The molecule has 2 aromatic carbocycles. The maximum atomic E-state index is 14.1. The predicted octanol–water partition coefficient (Wildman–Crippen LogP) is 6.52. The van der Waals surface area contributed by atoms with E-state index in [2.05, 4.69) is 41.2 Å². The Labute approximate surface area is 245 Å². The van der Waals surface area contributed by atoms with Crippen LogP contribution in [0.3, 0.4) is 0 Å². The zero-order chi connectivity index (χ0) is 30.8. The van der Waals surface area contributed by atoms with Gasteiger partial charge in [-0.25, -0.2) is 0 Å². The molecule has 0 saturated carbocycles. The van der Waals surface area contributed by atoms with Crippen molar-refractivity contribution in [2.75, 3.05) is 11.4 Å². The number of benzene rings is 2. The molecule has 3 aromatic rings. The third kappa shape index (κ3) is 6.89. The van der Waals surface area contributed by atoms with Gasteiger partial charge in [0.25, 0.3) is 11.5 Å². The zero-order valence-corrected chi connectivity index (χ0v) is 25.2. The summed E-state index contributed by atoms with van der Waals surface area (Å²) in [5, 5.41) is 2.69. The number of hydrogen-bond acceptors (Lipinski definition) is 4. The summed E-state index contributed by atoms with van der Waals surface area (Å²) in [7, 11) is 0. The Hall–Kier alpha value is -3.59. The normalized spacial score (nSPS) is 19.5. The highest BCUT2D eigenvalue weighted by molar-refractivity contribution is 5.97. The molecule has 1 aliphatic heterocycles. The summed E-state index contributed by atoms with van der Waals surface area (Å²) in [5.74, 6) is -0.644. The van der Waals surface area contributed by atoms with E-state index in [0.29, 0.717) is 34.6 Å². The average molecular weight is 583 g/mol. The Kier molecular flexibility index (Phi) is 9.50. The molecule has 1 unspecified atom stereocenters. The Morgan fingerprint density at radius 3 is 2.26 bits per heavy atom. The molecule has 0 spiro atoms. The molecule has 226 valence electrons. The number of rotatable bonds is 8. The molecular formula is C33H41F3N4O2. The lowest BCUT2D eigenvalue weighted by Crippen LogP contribution is -2.53. The molecule has 42 heavy (non-hydrogen) atoms. The predicted molar refractivity (Wildman–Crippen MR) is 161 cm³/mol. The van der Waals surface area contributed by atoms with Crippen molar-refractivity contribution in [2.24, 2.45) is 0 Å². The van der Waals surface area contributed by atoms with E-state index in [0.717, 1.165) is 25.5 Å². The van der Waals surface area contributed by atoms with Crippen LogP contribution in [0.25, 0.3) is 0 Å². The molecule has 9 heteroatoms. The summed E-state index contributed by atoms with van der Waals surface area (Å²) in [6, 6.07) is 14.6. The highest BCUT2D eigenvalue weighted by Gasteiger charge is 2.37. The Morgan fingerprint density at radius 2 is 1.69 bits per heavy atom. The standard InChI is InChI=1S/C33H41F3N4O2/c1-7-39(27-14-22(4)40(23(5)15-27)19-25-11-9-8-10-12-25)30-17-26(33(34,35)36)16-28(24(30)6)31(41)37-18-29-20(2)13-21(3)38-32(29)42/h8-13,16-17,22-23,27H,7,14-15,18-19H2,1-6H3,(H,37,41)(H,38,42)/t22-,23+,27?. The van der Waals surface area contributed by atoms with Gasteiger partial charge in [0.05, 0.1) is 5.56 Å². The molecule has 1 aromatic heterocycles. The number of carbonyl (C=O) groups excluding carboxylic acids is 1. The monoisotopic (exact) mass is 582 g/mol. The van der Waals surface area contributed by atoms with Gasteiger partial charge in [-0.05, 0) is 89.3 Å². The van der Waals surface area contributed by atoms with E-state index in [4.69, 9.17) is 0 Å². The number of H-pyrrole nitrogens is 1. The van der Waals surface area contributed by atoms with Crippen LogP contribution < -0.4 is 15.8 Å². The fraction of sp³-hybridized carbons (Fsp3) is 0.455. The smallest absolute Gasteiger partial charge is 0.368 e. The van der Waals surface area contributed by atoms with E-state index in [1.807, 2.05) is 30.0 Å². The number of pyridine rings is 1. The molecule has 2 N–H and O–H groups in total. The van der Waals surface area contributed by atoms with Crippen molar-refractivity contribution in [3.05, 3.63) is 98.0 Å². The Morgan fingerprint density at radius 1 is 1.05 bits per heavy atom. The van der Waals surface area contributed by atoms with Crippen LogP contribution in [0, 0.1) is 20.8 Å². The lowest BCUT2D eigenvalue weighted by Gasteiger charge is -2.47. The number of nitrogens with one attached hydrogen (secondary N) is 2. The van der Waals surface area contributed by atoms with E-state index >= 15 is 0 Å². The SMILES string of the molecule is CCN(c1cc(C(F)(F)F)cc(C(=O)NCc2c(C)cc(C)[nH]c2=O)c1C)C1C[C@@H](C)N(Cc2ccccc2)[C@@H](C)C1. The van der Waals surface area contributed by atoms with Crippen LogP contribution in [0.1, 0.15) is 77.5 Å². The first kappa shape index (κ1) is 31.3. The Balaban J connectivity index is 1.62. The van der Waals surface area contributed by atoms with Gasteiger partial charge in [-0.3, -0.25) is 14.5 Å². The minimum Gasteiger partial charge on any atom is -0.368 e. The number of anilines is 1. The van der Waals surface area contributed by atoms with E-state index in [9.17, 15) is 22.8 Å². The zero-order valence-electron chi connectivity index (χ0n) is 25.2. The van der Waals surface area contributed by atoms with Crippen molar-refractivity contribution in [3.8, 4) is 0 Å². The fourth-order valence-electron chi connectivity index (χ4n) is 6.34. The van der Waals surface area contributed by atoms with Gasteiger partial charge in [-0.1, -0.05) is 30.3 Å². The lowest BCUT2D eigenvalue weighted by molar-refractivity contribution is -0.137. The number of aromatic amines is 1. The summed E-state index contributed by atoms with van der Waals surface area (Å²) < 4.78 is 42.4. The highest BCUT2D eigenvalue weighted by atomic mass is 19.4. The molecule has 1 amide bonds. The first-order valence-electron chi connectivity index (χ1n) is 14.6. The van der Waals surface area contributed by atoms with E-state index in [1.165, 1.54) is 11.6 Å². The highest BCUT2D eigenvalue weighted by Crippen LogP contribution is 2.38. The van der Waals surface area contributed by atoms with Gasteiger partial charge in [0, 0.05) is 60.3 Å². The molecule has 1 fully saturated rings. The minimum absolute atomic E-state index is 0.0129. The molecule has 1 saturated heterocycles. The number of likely N-dealkylation sites (tertiary alicyclic amines) is 1. The van der Waals surface area contributed by atoms with Gasteiger partial charge in [-0.2, -0.15) is 13.2 Å². The number of aryl methyl sites for hydroxylation is 2. The van der Waals surface area contributed by atoms with Crippen molar-refractivity contribution in [1.29, 1.82) is 0 Å². The summed E-state index contributed by atoms with van der Waals surface area (Å²) >= 11 is 0. The molecule has 1 aliphatic rings.